The summed E-state index contributed by atoms with van der Waals surface area (Å²) in [7, 11) is 0. The van der Waals surface area contributed by atoms with Gasteiger partial charge in [-0.1, -0.05) is 6.08 Å². The minimum atomic E-state index is -0.674. The van der Waals surface area contributed by atoms with Crippen LogP contribution in [0.2, 0.25) is 0 Å². The van der Waals surface area contributed by atoms with Gasteiger partial charge in [-0.25, -0.2) is 0 Å². The third-order valence-corrected chi connectivity index (χ3v) is 1.47. The fourth-order valence-electron chi connectivity index (χ4n) is 0.841. The molecule has 57 valence electrons. The van der Waals surface area contributed by atoms with Crippen LogP contribution >= 0.6 is 0 Å². The van der Waals surface area contributed by atoms with Gasteiger partial charge in [0.1, 0.15) is 0 Å². The molecule has 0 aromatic carbocycles. The molecule has 1 unspecified atom stereocenters. The Morgan fingerprint density at radius 1 is 1.73 bits per heavy atom. The molecule has 0 bridgehead atoms. The minimum Gasteiger partial charge on any atom is -0.285 e. The average molecular weight is 152 g/mol. The minimum absolute atomic E-state index is 0.286. The third kappa shape index (κ3) is 1.73. The monoisotopic (exact) mass is 152 g/mol. The first-order valence-corrected chi connectivity index (χ1v) is 3.14. The summed E-state index contributed by atoms with van der Waals surface area (Å²) in [6.07, 6.45) is 6.29. The second-order valence-electron chi connectivity index (χ2n) is 2.21. The molecule has 0 saturated carbocycles. The van der Waals surface area contributed by atoms with Crippen LogP contribution in [0.3, 0.4) is 0 Å². The van der Waals surface area contributed by atoms with Crippen LogP contribution in [0.15, 0.2) is 23.8 Å². The average Bonchev–Trinajstić information content (AvgIpc) is 2.05. The van der Waals surface area contributed by atoms with Gasteiger partial charge in [-0.2, -0.15) is 0 Å². The fourth-order valence-corrected chi connectivity index (χ4v) is 0.841. The van der Waals surface area contributed by atoms with E-state index in [9.17, 15) is 14.9 Å². The first-order chi connectivity index (χ1) is 5.24. The second kappa shape index (κ2) is 3.09. The number of carbonyl (C=O) groups excluding carboxylic acids is 1. The largest absolute Gasteiger partial charge is 0.285 e. The maximum atomic E-state index is 10.2. The highest BCUT2D eigenvalue weighted by Gasteiger charge is 2.17. The van der Waals surface area contributed by atoms with Gasteiger partial charge in [0.2, 0.25) is 12.3 Å². The molecule has 1 aliphatic carbocycles. The Hall–Kier alpha value is -1.45. The molecule has 4 nitrogen and oxygen atoms in total. The topological polar surface area (TPSA) is 60.2 Å². The zero-order chi connectivity index (χ0) is 8.27. The molecule has 0 amide bonds. The Morgan fingerprint density at radius 2 is 2.45 bits per heavy atom. The normalized spacial score (nSPS) is 22.5. The SMILES string of the molecule is O=[C]C1=CCC([N+](=O)[O-])C=C1. The first-order valence-electron chi connectivity index (χ1n) is 3.14. The van der Waals surface area contributed by atoms with Crippen molar-refractivity contribution < 1.29 is 9.72 Å². The van der Waals surface area contributed by atoms with Gasteiger partial charge < -0.3 is 0 Å². The maximum absolute atomic E-state index is 10.2. The van der Waals surface area contributed by atoms with Crippen LogP contribution in [0.1, 0.15) is 6.42 Å². The molecule has 0 heterocycles. The van der Waals surface area contributed by atoms with Crippen LogP contribution in [-0.2, 0) is 4.79 Å². The molecule has 1 radical (unpaired) electrons. The highest BCUT2D eigenvalue weighted by molar-refractivity contribution is 5.78. The maximum Gasteiger partial charge on any atom is 0.235 e. The van der Waals surface area contributed by atoms with Gasteiger partial charge in [-0.05, 0) is 12.2 Å². The van der Waals surface area contributed by atoms with Gasteiger partial charge in [0.05, 0.1) is 0 Å². The van der Waals surface area contributed by atoms with Gasteiger partial charge in [-0.15, -0.1) is 0 Å². The van der Waals surface area contributed by atoms with Crippen LogP contribution < -0.4 is 0 Å². The number of nitro groups is 1. The summed E-state index contributed by atoms with van der Waals surface area (Å²) >= 11 is 0. The zero-order valence-corrected chi connectivity index (χ0v) is 5.69. The standard InChI is InChI=1S/C7H6NO3/c9-5-6-1-3-7(4-2-6)8(10)11/h1-3,7H,4H2. The number of hydrogen-bond acceptors (Lipinski definition) is 3. The van der Waals surface area contributed by atoms with Crippen molar-refractivity contribution in [1.82, 2.24) is 0 Å². The molecule has 11 heavy (non-hydrogen) atoms. The Morgan fingerprint density at radius 3 is 2.82 bits per heavy atom. The summed E-state index contributed by atoms with van der Waals surface area (Å²) in [5, 5.41) is 10.2. The molecule has 0 aromatic heterocycles. The number of nitrogens with zero attached hydrogens (tertiary/aromatic N) is 1. The Labute approximate surface area is 63.4 Å². The molecule has 0 N–H and O–H groups in total. The van der Waals surface area contributed by atoms with Crippen molar-refractivity contribution in [3.63, 3.8) is 0 Å². The molecule has 0 aliphatic heterocycles. The molecule has 0 fully saturated rings. The summed E-state index contributed by atoms with van der Waals surface area (Å²) in [6.45, 7) is 0. The molecule has 4 heteroatoms. The molecule has 0 spiro atoms. The van der Waals surface area contributed by atoms with Crippen LogP contribution in [0.25, 0.3) is 0 Å². The van der Waals surface area contributed by atoms with Crippen LogP contribution in [-0.4, -0.2) is 17.3 Å². The molecule has 0 saturated heterocycles. The lowest BCUT2D eigenvalue weighted by Gasteiger charge is -2.04. The number of rotatable bonds is 2. The van der Waals surface area contributed by atoms with Crippen LogP contribution in [0.5, 0.6) is 0 Å². The van der Waals surface area contributed by atoms with E-state index in [4.69, 9.17) is 0 Å². The van der Waals surface area contributed by atoms with E-state index in [0.717, 1.165) is 0 Å². The predicted octanol–water partition coefficient (Wildman–Crippen LogP) is 0.628. The summed E-state index contributed by atoms with van der Waals surface area (Å²) in [5.41, 5.74) is 0.392. The van der Waals surface area contributed by atoms with E-state index in [1.165, 1.54) is 18.2 Å². The van der Waals surface area contributed by atoms with Gasteiger partial charge in [0.15, 0.2) is 0 Å². The van der Waals surface area contributed by atoms with E-state index in [1.807, 2.05) is 0 Å². The quantitative estimate of drug-likeness (QED) is 0.430. The van der Waals surface area contributed by atoms with E-state index in [0.29, 0.717) is 5.57 Å². The molecule has 1 rings (SSSR count). The second-order valence-corrected chi connectivity index (χ2v) is 2.21. The molecular formula is C7H6NO3. The van der Waals surface area contributed by atoms with Crippen molar-refractivity contribution in [2.45, 2.75) is 12.5 Å². The Bertz CT molecular complexity index is 242. The summed E-state index contributed by atoms with van der Waals surface area (Å²) < 4.78 is 0. The lowest BCUT2D eigenvalue weighted by atomic mass is 10.0. The van der Waals surface area contributed by atoms with Crippen molar-refractivity contribution >= 4 is 6.29 Å². The van der Waals surface area contributed by atoms with Crippen molar-refractivity contribution in [3.8, 4) is 0 Å². The van der Waals surface area contributed by atoms with Crippen LogP contribution in [0, 0.1) is 10.1 Å². The van der Waals surface area contributed by atoms with Crippen molar-refractivity contribution in [2.24, 2.45) is 0 Å². The number of allylic oxidation sites excluding steroid dienone is 2. The van der Waals surface area contributed by atoms with Gasteiger partial charge in [-0.3, -0.25) is 14.9 Å². The van der Waals surface area contributed by atoms with E-state index < -0.39 is 6.04 Å². The molecular weight excluding hydrogens is 146 g/mol. The number of hydrogen-bond donors (Lipinski definition) is 0. The van der Waals surface area contributed by atoms with E-state index >= 15 is 0 Å². The van der Waals surface area contributed by atoms with Crippen molar-refractivity contribution in [1.29, 1.82) is 0 Å². The van der Waals surface area contributed by atoms with Gasteiger partial charge >= 0.3 is 0 Å². The summed E-state index contributed by atoms with van der Waals surface area (Å²) in [6, 6.07) is -0.674. The fraction of sp³-hybridized carbons (Fsp3) is 0.286. The lowest BCUT2D eigenvalue weighted by Crippen LogP contribution is -2.17. The van der Waals surface area contributed by atoms with E-state index in [1.54, 1.807) is 6.29 Å². The third-order valence-electron chi connectivity index (χ3n) is 1.47. The van der Waals surface area contributed by atoms with E-state index in [-0.39, 0.29) is 11.3 Å². The highest BCUT2D eigenvalue weighted by atomic mass is 16.6. The Kier molecular flexibility index (Phi) is 2.15. The van der Waals surface area contributed by atoms with Gasteiger partial charge in [0, 0.05) is 16.9 Å². The predicted molar refractivity (Wildman–Crippen MR) is 38.3 cm³/mol. The Balaban J connectivity index is 2.64. The van der Waals surface area contributed by atoms with Crippen LogP contribution in [0.4, 0.5) is 0 Å². The summed E-state index contributed by atoms with van der Waals surface area (Å²) in [5.74, 6) is 0. The highest BCUT2D eigenvalue weighted by Crippen LogP contribution is 2.10. The molecule has 0 aromatic rings. The van der Waals surface area contributed by atoms with E-state index in [2.05, 4.69) is 0 Å². The van der Waals surface area contributed by atoms with Crippen molar-refractivity contribution in [3.05, 3.63) is 33.9 Å². The smallest absolute Gasteiger partial charge is 0.235 e. The summed E-state index contributed by atoms with van der Waals surface area (Å²) in [4.78, 5) is 19.8. The lowest BCUT2D eigenvalue weighted by molar-refractivity contribution is -0.508. The zero-order valence-electron chi connectivity index (χ0n) is 5.69. The van der Waals surface area contributed by atoms with Crippen molar-refractivity contribution in [2.75, 3.05) is 0 Å². The molecule has 1 atom stereocenters. The first kappa shape index (κ1) is 7.65. The molecule has 1 aliphatic rings. The van der Waals surface area contributed by atoms with Gasteiger partial charge in [0.25, 0.3) is 0 Å².